The molecule has 1 aromatic carbocycles. The van der Waals surface area contributed by atoms with Gasteiger partial charge in [-0.3, -0.25) is 0 Å². The van der Waals surface area contributed by atoms with Crippen molar-refractivity contribution in [2.75, 3.05) is 7.11 Å². The lowest BCUT2D eigenvalue weighted by Crippen LogP contribution is -2.37. The lowest BCUT2D eigenvalue weighted by molar-refractivity contribution is -0.00990. The van der Waals surface area contributed by atoms with E-state index in [1.807, 2.05) is 24.3 Å². The molecule has 0 amide bonds. The SMILES string of the molecule is [CH]C(c1ccc(OC)cc1)C1(O)CCCCC1. The maximum Gasteiger partial charge on any atom is 0.118 e. The molecule has 1 unspecified atom stereocenters. The van der Waals surface area contributed by atoms with E-state index in [-0.39, 0.29) is 5.92 Å². The van der Waals surface area contributed by atoms with E-state index < -0.39 is 5.60 Å². The van der Waals surface area contributed by atoms with Crippen molar-refractivity contribution in [1.82, 2.24) is 0 Å². The van der Waals surface area contributed by atoms with Crippen LogP contribution in [-0.2, 0) is 0 Å². The van der Waals surface area contributed by atoms with Gasteiger partial charge in [-0.1, -0.05) is 31.4 Å². The van der Waals surface area contributed by atoms with E-state index in [2.05, 4.69) is 0 Å². The maximum atomic E-state index is 10.6. The minimum atomic E-state index is -0.729. The Morgan fingerprint density at radius 3 is 2.29 bits per heavy atom. The highest BCUT2D eigenvalue weighted by atomic mass is 16.5. The standard InChI is InChI=1S/C15H20O2/c1-12(15(16)10-4-3-5-11-15)13-6-8-14(17-2)9-7-13/h1,6-9,12,16H,3-5,10-11H2,2H3. The lowest BCUT2D eigenvalue weighted by atomic mass is 9.74. The average Bonchev–Trinajstić information content (AvgIpc) is 2.39. The summed E-state index contributed by atoms with van der Waals surface area (Å²) in [5.74, 6) is 0.519. The van der Waals surface area contributed by atoms with Crippen LogP contribution in [0.3, 0.4) is 0 Å². The molecule has 2 radical (unpaired) electrons. The Kier molecular flexibility index (Phi) is 3.72. The number of benzene rings is 1. The molecule has 17 heavy (non-hydrogen) atoms. The molecule has 92 valence electrons. The van der Waals surface area contributed by atoms with Gasteiger partial charge in [0.05, 0.1) is 12.7 Å². The third-order valence-electron chi connectivity index (χ3n) is 3.77. The third kappa shape index (κ3) is 2.63. The van der Waals surface area contributed by atoms with Crippen molar-refractivity contribution in [2.24, 2.45) is 0 Å². The summed E-state index contributed by atoms with van der Waals surface area (Å²) in [4.78, 5) is 0. The van der Waals surface area contributed by atoms with E-state index in [4.69, 9.17) is 11.7 Å². The highest BCUT2D eigenvalue weighted by Gasteiger charge is 2.35. The fourth-order valence-corrected chi connectivity index (χ4v) is 2.60. The van der Waals surface area contributed by atoms with Gasteiger partial charge in [0.25, 0.3) is 0 Å². The van der Waals surface area contributed by atoms with Crippen molar-refractivity contribution in [3.63, 3.8) is 0 Å². The summed E-state index contributed by atoms with van der Waals surface area (Å²) < 4.78 is 5.12. The number of hydrogen-bond acceptors (Lipinski definition) is 2. The molecule has 2 nitrogen and oxygen atoms in total. The molecule has 0 spiro atoms. The summed E-state index contributed by atoms with van der Waals surface area (Å²) in [6.07, 6.45) is 4.96. The van der Waals surface area contributed by atoms with E-state index in [1.54, 1.807) is 7.11 Å². The van der Waals surface area contributed by atoms with Gasteiger partial charge >= 0.3 is 0 Å². The Balaban J connectivity index is 2.14. The molecule has 1 atom stereocenters. The van der Waals surface area contributed by atoms with Crippen LogP contribution in [0.2, 0.25) is 0 Å². The van der Waals surface area contributed by atoms with Crippen molar-refractivity contribution in [3.8, 4) is 5.75 Å². The van der Waals surface area contributed by atoms with Crippen LogP contribution in [0.5, 0.6) is 5.75 Å². The highest BCUT2D eigenvalue weighted by molar-refractivity contribution is 5.31. The Hall–Kier alpha value is -1.02. The Morgan fingerprint density at radius 1 is 1.18 bits per heavy atom. The second-order valence-corrected chi connectivity index (χ2v) is 4.92. The van der Waals surface area contributed by atoms with E-state index in [0.29, 0.717) is 0 Å². The van der Waals surface area contributed by atoms with Gasteiger partial charge in [0, 0.05) is 5.92 Å². The summed E-state index contributed by atoms with van der Waals surface area (Å²) in [5, 5.41) is 10.6. The molecule has 2 heteroatoms. The fraction of sp³-hybridized carbons (Fsp3) is 0.533. The molecule has 1 aliphatic rings. The van der Waals surface area contributed by atoms with Gasteiger partial charge in [-0.05, 0) is 37.5 Å². The topological polar surface area (TPSA) is 29.5 Å². The normalized spacial score (nSPS) is 20.9. The zero-order valence-electron chi connectivity index (χ0n) is 10.4. The predicted molar refractivity (Wildman–Crippen MR) is 68.1 cm³/mol. The van der Waals surface area contributed by atoms with Gasteiger partial charge in [0.1, 0.15) is 5.75 Å². The maximum absolute atomic E-state index is 10.6. The average molecular weight is 232 g/mol. The van der Waals surface area contributed by atoms with Crippen molar-refractivity contribution in [3.05, 3.63) is 36.8 Å². The first-order valence-electron chi connectivity index (χ1n) is 6.28. The van der Waals surface area contributed by atoms with Gasteiger partial charge in [-0.2, -0.15) is 0 Å². The van der Waals surface area contributed by atoms with Crippen LogP contribution in [0.4, 0.5) is 0 Å². The monoisotopic (exact) mass is 232 g/mol. The molecule has 0 saturated heterocycles. The number of ether oxygens (including phenoxy) is 1. The van der Waals surface area contributed by atoms with E-state index >= 15 is 0 Å². The highest BCUT2D eigenvalue weighted by Crippen LogP contribution is 2.39. The first-order valence-corrected chi connectivity index (χ1v) is 6.28. The summed E-state index contributed by atoms with van der Waals surface area (Å²) >= 11 is 0. The Morgan fingerprint density at radius 2 is 1.76 bits per heavy atom. The van der Waals surface area contributed by atoms with Crippen LogP contribution in [0.1, 0.15) is 43.6 Å². The van der Waals surface area contributed by atoms with Crippen LogP contribution >= 0.6 is 0 Å². The lowest BCUT2D eigenvalue weighted by Gasteiger charge is -2.37. The Labute approximate surface area is 104 Å². The number of methoxy groups -OCH3 is 1. The largest absolute Gasteiger partial charge is 0.497 e. The molecule has 0 aromatic heterocycles. The molecular weight excluding hydrogens is 212 g/mol. The van der Waals surface area contributed by atoms with Crippen LogP contribution in [0.25, 0.3) is 0 Å². The molecule has 0 bridgehead atoms. The van der Waals surface area contributed by atoms with Crippen molar-refractivity contribution in [1.29, 1.82) is 0 Å². The molecule has 2 rings (SSSR count). The van der Waals surface area contributed by atoms with Gasteiger partial charge < -0.3 is 9.84 Å². The quantitative estimate of drug-likeness (QED) is 0.867. The Bertz CT molecular complexity index is 350. The molecular formula is C15H20O2. The molecule has 1 saturated carbocycles. The van der Waals surface area contributed by atoms with Gasteiger partial charge in [0.2, 0.25) is 0 Å². The van der Waals surface area contributed by atoms with E-state index in [9.17, 15) is 5.11 Å². The van der Waals surface area contributed by atoms with E-state index in [1.165, 1.54) is 6.42 Å². The number of rotatable bonds is 3. The van der Waals surface area contributed by atoms with Crippen molar-refractivity contribution in [2.45, 2.75) is 43.6 Å². The number of aliphatic hydroxyl groups is 1. The predicted octanol–water partition coefficient (Wildman–Crippen LogP) is 3.19. The summed E-state index contributed by atoms with van der Waals surface area (Å²) in [6.45, 7) is 6.20. The first-order chi connectivity index (χ1) is 8.15. The first kappa shape index (κ1) is 12.4. The van der Waals surface area contributed by atoms with Gasteiger partial charge in [-0.15, -0.1) is 0 Å². The molecule has 1 aliphatic carbocycles. The number of hydrogen-bond donors (Lipinski definition) is 1. The summed E-state index contributed by atoms with van der Waals surface area (Å²) in [7, 11) is 1.64. The molecule has 1 N–H and O–H groups in total. The minimum absolute atomic E-state index is 0.297. The zero-order valence-corrected chi connectivity index (χ0v) is 10.4. The summed E-state index contributed by atoms with van der Waals surface area (Å²) in [6, 6.07) is 7.66. The van der Waals surface area contributed by atoms with Gasteiger partial charge in [0.15, 0.2) is 0 Å². The minimum Gasteiger partial charge on any atom is -0.497 e. The molecule has 1 fully saturated rings. The molecule has 1 aromatic rings. The van der Waals surface area contributed by atoms with Crippen LogP contribution in [0.15, 0.2) is 24.3 Å². The van der Waals surface area contributed by atoms with Crippen molar-refractivity contribution >= 4 is 0 Å². The zero-order chi connectivity index (χ0) is 12.3. The molecule has 0 heterocycles. The summed E-state index contributed by atoms with van der Waals surface area (Å²) in [5.41, 5.74) is 0.252. The van der Waals surface area contributed by atoms with Crippen LogP contribution in [0, 0.1) is 6.92 Å². The van der Waals surface area contributed by atoms with Crippen molar-refractivity contribution < 1.29 is 9.84 Å². The van der Waals surface area contributed by atoms with Crippen LogP contribution in [-0.4, -0.2) is 17.8 Å². The molecule has 0 aliphatic heterocycles. The third-order valence-corrected chi connectivity index (χ3v) is 3.77. The smallest absolute Gasteiger partial charge is 0.118 e. The van der Waals surface area contributed by atoms with Crippen LogP contribution < -0.4 is 4.74 Å². The van der Waals surface area contributed by atoms with E-state index in [0.717, 1.165) is 37.0 Å². The fourth-order valence-electron chi connectivity index (χ4n) is 2.60. The second-order valence-electron chi connectivity index (χ2n) is 4.92. The van der Waals surface area contributed by atoms with Gasteiger partial charge in [-0.25, -0.2) is 0 Å². The second kappa shape index (κ2) is 5.09.